The van der Waals surface area contributed by atoms with Crippen LogP contribution < -0.4 is 5.32 Å². The summed E-state index contributed by atoms with van der Waals surface area (Å²) < 4.78 is 26.8. The van der Waals surface area contributed by atoms with Gasteiger partial charge in [0, 0.05) is 31.1 Å². The summed E-state index contributed by atoms with van der Waals surface area (Å²) in [5, 5.41) is 2.57. The Morgan fingerprint density at radius 3 is 2.56 bits per heavy atom. The third-order valence-electron chi connectivity index (χ3n) is 3.97. The van der Waals surface area contributed by atoms with Gasteiger partial charge in [-0.1, -0.05) is 31.7 Å². The number of amides is 2. The van der Waals surface area contributed by atoms with Gasteiger partial charge in [-0.15, -0.1) is 0 Å². The topological polar surface area (TPSA) is 86.8 Å². The van der Waals surface area contributed by atoms with Gasteiger partial charge < -0.3 is 10.2 Å². The second-order valence-electron chi connectivity index (χ2n) is 5.65. The number of benzene rings is 1. The van der Waals surface area contributed by atoms with Crippen LogP contribution in [0.15, 0.2) is 23.1 Å². The van der Waals surface area contributed by atoms with E-state index in [1.54, 1.807) is 32.9 Å². The second-order valence-corrected chi connectivity index (χ2v) is 8.61. The number of anilines is 1. The second kappa shape index (κ2) is 8.20. The highest BCUT2D eigenvalue weighted by Gasteiger charge is 2.25. The standard InChI is InChI=1S/C16H23N3O4S2/c1-4-19(5-2)25(22,23)14-10-13(7-6-12(14)3)17-15(20)11-18-8-9-24-16(18)21/h6-7,10H,4-5,8-9,11H2,1-3H3,(H,17,20). The molecule has 2 rings (SSSR count). The van der Waals surface area contributed by atoms with Gasteiger partial charge in [0.2, 0.25) is 15.9 Å². The molecule has 138 valence electrons. The van der Waals surface area contributed by atoms with E-state index in [0.717, 1.165) is 0 Å². The minimum absolute atomic E-state index is 0.0299. The van der Waals surface area contributed by atoms with Crippen LogP contribution in [-0.2, 0) is 14.8 Å². The summed E-state index contributed by atoms with van der Waals surface area (Å²) in [6.45, 7) is 6.57. The van der Waals surface area contributed by atoms with Crippen molar-refractivity contribution in [3.63, 3.8) is 0 Å². The molecule has 1 saturated heterocycles. The molecular weight excluding hydrogens is 362 g/mol. The van der Waals surface area contributed by atoms with Crippen molar-refractivity contribution in [3.8, 4) is 0 Å². The quantitative estimate of drug-likeness (QED) is 0.777. The monoisotopic (exact) mass is 385 g/mol. The highest BCUT2D eigenvalue weighted by molar-refractivity contribution is 8.13. The highest BCUT2D eigenvalue weighted by Crippen LogP contribution is 2.24. The maximum Gasteiger partial charge on any atom is 0.282 e. The first-order valence-electron chi connectivity index (χ1n) is 8.12. The average Bonchev–Trinajstić information content (AvgIpc) is 2.95. The van der Waals surface area contributed by atoms with Gasteiger partial charge >= 0.3 is 0 Å². The van der Waals surface area contributed by atoms with E-state index >= 15 is 0 Å². The first-order valence-corrected chi connectivity index (χ1v) is 10.5. The van der Waals surface area contributed by atoms with Crippen LogP contribution in [0.25, 0.3) is 0 Å². The molecule has 0 bridgehead atoms. The number of hydrogen-bond donors (Lipinski definition) is 1. The Bertz CT molecular complexity index is 761. The lowest BCUT2D eigenvalue weighted by Gasteiger charge is -2.20. The fourth-order valence-electron chi connectivity index (χ4n) is 2.60. The maximum atomic E-state index is 12.7. The van der Waals surface area contributed by atoms with Crippen LogP contribution in [0.2, 0.25) is 0 Å². The van der Waals surface area contributed by atoms with Crippen LogP contribution in [-0.4, -0.2) is 60.7 Å². The minimum atomic E-state index is -3.61. The van der Waals surface area contributed by atoms with Gasteiger partial charge in [0.15, 0.2) is 0 Å². The summed E-state index contributed by atoms with van der Waals surface area (Å²) in [5.74, 6) is 0.342. The molecule has 1 aliphatic rings. The molecule has 1 N–H and O–H groups in total. The zero-order chi connectivity index (χ0) is 18.6. The zero-order valence-electron chi connectivity index (χ0n) is 14.6. The number of hydrogen-bond acceptors (Lipinski definition) is 5. The van der Waals surface area contributed by atoms with E-state index in [-0.39, 0.29) is 22.6 Å². The predicted octanol–water partition coefficient (Wildman–Crippen LogP) is 2.13. The summed E-state index contributed by atoms with van der Waals surface area (Å²) in [6, 6.07) is 4.80. The Kier molecular flexibility index (Phi) is 6.47. The number of nitrogens with zero attached hydrogens (tertiary/aromatic N) is 2. The number of sulfonamides is 1. The van der Waals surface area contributed by atoms with Crippen molar-refractivity contribution in [2.24, 2.45) is 0 Å². The van der Waals surface area contributed by atoms with Gasteiger partial charge in [-0.2, -0.15) is 4.31 Å². The van der Waals surface area contributed by atoms with E-state index in [1.165, 1.54) is 27.0 Å². The van der Waals surface area contributed by atoms with Gasteiger partial charge in [0.1, 0.15) is 6.54 Å². The van der Waals surface area contributed by atoms with Crippen molar-refractivity contribution in [3.05, 3.63) is 23.8 Å². The lowest BCUT2D eigenvalue weighted by atomic mass is 10.2. The molecule has 0 spiro atoms. The average molecular weight is 386 g/mol. The lowest BCUT2D eigenvalue weighted by molar-refractivity contribution is -0.116. The largest absolute Gasteiger partial charge is 0.325 e. The zero-order valence-corrected chi connectivity index (χ0v) is 16.2. The van der Waals surface area contributed by atoms with Crippen molar-refractivity contribution in [1.82, 2.24) is 9.21 Å². The Morgan fingerprint density at radius 1 is 1.32 bits per heavy atom. The SMILES string of the molecule is CCN(CC)S(=O)(=O)c1cc(NC(=O)CN2CCSC2=O)ccc1C. The Hall–Kier alpha value is -1.58. The molecule has 0 unspecified atom stereocenters. The number of carbonyl (C=O) groups excluding carboxylic acids is 2. The van der Waals surface area contributed by atoms with Crippen molar-refractivity contribution < 1.29 is 18.0 Å². The van der Waals surface area contributed by atoms with Crippen LogP contribution in [0.4, 0.5) is 10.5 Å². The molecule has 1 fully saturated rings. The van der Waals surface area contributed by atoms with Crippen molar-refractivity contribution in [2.45, 2.75) is 25.7 Å². The summed E-state index contributed by atoms with van der Waals surface area (Å²) in [7, 11) is -3.61. The molecule has 7 nitrogen and oxygen atoms in total. The first kappa shape index (κ1) is 19.7. The van der Waals surface area contributed by atoms with Crippen LogP contribution >= 0.6 is 11.8 Å². The number of aryl methyl sites for hydroxylation is 1. The number of rotatable bonds is 7. The van der Waals surface area contributed by atoms with E-state index in [2.05, 4.69) is 5.32 Å². The van der Waals surface area contributed by atoms with E-state index in [0.29, 0.717) is 36.6 Å². The molecule has 1 aliphatic heterocycles. The number of nitrogens with one attached hydrogen (secondary N) is 1. The Balaban J connectivity index is 2.18. The molecule has 9 heteroatoms. The number of thioether (sulfide) groups is 1. The van der Waals surface area contributed by atoms with E-state index < -0.39 is 10.0 Å². The third kappa shape index (κ3) is 4.53. The summed E-state index contributed by atoms with van der Waals surface area (Å²) in [4.78, 5) is 25.3. The van der Waals surface area contributed by atoms with Crippen molar-refractivity contribution in [1.29, 1.82) is 0 Å². The molecule has 1 heterocycles. The summed E-state index contributed by atoms with van der Waals surface area (Å²) in [6.07, 6.45) is 0. The summed E-state index contributed by atoms with van der Waals surface area (Å²) in [5.41, 5.74) is 1.02. The molecule has 0 saturated carbocycles. The van der Waals surface area contributed by atoms with Gasteiger partial charge in [-0.25, -0.2) is 8.42 Å². The third-order valence-corrected chi connectivity index (χ3v) is 7.06. The molecular formula is C16H23N3O4S2. The van der Waals surface area contributed by atoms with Crippen LogP contribution in [0.5, 0.6) is 0 Å². The highest BCUT2D eigenvalue weighted by atomic mass is 32.2. The smallest absolute Gasteiger partial charge is 0.282 e. The number of carbonyl (C=O) groups is 2. The van der Waals surface area contributed by atoms with Gasteiger partial charge in [-0.05, 0) is 24.6 Å². The molecule has 25 heavy (non-hydrogen) atoms. The lowest BCUT2D eigenvalue weighted by Crippen LogP contribution is -2.33. The van der Waals surface area contributed by atoms with Gasteiger partial charge in [0.25, 0.3) is 5.24 Å². The molecule has 2 amide bonds. The van der Waals surface area contributed by atoms with E-state index in [9.17, 15) is 18.0 Å². The fourth-order valence-corrected chi connectivity index (χ4v) is 5.14. The van der Waals surface area contributed by atoms with E-state index in [1.807, 2.05) is 0 Å². The molecule has 1 aromatic carbocycles. The van der Waals surface area contributed by atoms with Gasteiger partial charge in [-0.3, -0.25) is 9.59 Å². The normalized spacial score (nSPS) is 15.0. The molecule has 0 aliphatic carbocycles. The van der Waals surface area contributed by atoms with Crippen LogP contribution in [0.3, 0.4) is 0 Å². The van der Waals surface area contributed by atoms with Crippen LogP contribution in [0.1, 0.15) is 19.4 Å². The Labute approximate surface area is 152 Å². The van der Waals surface area contributed by atoms with Crippen molar-refractivity contribution in [2.75, 3.05) is 37.2 Å². The Morgan fingerprint density at radius 2 is 2.00 bits per heavy atom. The van der Waals surface area contributed by atoms with E-state index in [4.69, 9.17) is 0 Å². The first-order chi connectivity index (χ1) is 11.8. The predicted molar refractivity (Wildman–Crippen MR) is 99.3 cm³/mol. The molecule has 0 atom stereocenters. The fraction of sp³-hybridized carbons (Fsp3) is 0.500. The molecule has 0 radical (unpaired) electrons. The van der Waals surface area contributed by atoms with Gasteiger partial charge in [0.05, 0.1) is 4.90 Å². The van der Waals surface area contributed by atoms with Crippen molar-refractivity contribution >= 4 is 38.6 Å². The van der Waals surface area contributed by atoms with Crippen LogP contribution in [0, 0.1) is 6.92 Å². The molecule has 0 aromatic heterocycles. The molecule has 1 aromatic rings. The summed E-state index contributed by atoms with van der Waals surface area (Å²) >= 11 is 1.19. The minimum Gasteiger partial charge on any atom is -0.325 e. The maximum absolute atomic E-state index is 12.7.